The summed E-state index contributed by atoms with van der Waals surface area (Å²) in [6.45, 7) is -0.0695. The van der Waals surface area contributed by atoms with Gasteiger partial charge < -0.3 is 4.74 Å². The molecular weight excluding hydrogens is 308 g/mol. The third kappa shape index (κ3) is 2.75. The van der Waals surface area contributed by atoms with Crippen LogP contribution in [0.2, 0.25) is 0 Å². The average molecular weight is 320 g/mol. The first kappa shape index (κ1) is 15.4. The molecule has 0 N–H and O–H groups in total. The highest BCUT2D eigenvalue weighted by atomic mass is 16.5. The molecule has 0 fully saturated rings. The van der Waals surface area contributed by atoms with Gasteiger partial charge >= 0.3 is 5.97 Å². The highest BCUT2D eigenvalue weighted by molar-refractivity contribution is 6.21. The summed E-state index contributed by atoms with van der Waals surface area (Å²) in [6.07, 6.45) is -0.148. The number of para-hydroxylation sites is 1. The zero-order valence-corrected chi connectivity index (χ0v) is 12.6. The minimum atomic E-state index is -0.616. The first-order valence-corrected chi connectivity index (χ1v) is 7.27. The largest absolute Gasteiger partial charge is 0.425 e. The van der Waals surface area contributed by atoms with Gasteiger partial charge in [0, 0.05) is 6.54 Å². The maximum absolute atomic E-state index is 12.2. The Morgan fingerprint density at radius 3 is 2.21 bits per heavy atom. The van der Waals surface area contributed by atoms with Gasteiger partial charge in [0.15, 0.2) is 0 Å². The third-order valence-corrected chi connectivity index (χ3v) is 3.65. The van der Waals surface area contributed by atoms with E-state index in [-0.39, 0.29) is 24.3 Å². The summed E-state index contributed by atoms with van der Waals surface area (Å²) < 4.78 is 5.13. The van der Waals surface area contributed by atoms with Crippen molar-refractivity contribution < 1.29 is 19.1 Å². The van der Waals surface area contributed by atoms with Gasteiger partial charge in [0.05, 0.1) is 23.1 Å². The van der Waals surface area contributed by atoms with Crippen LogP contribution in [0.4, 0.5) is 0 Å². The smallest absolute Gasteiger partial charge is 0.313 e. The van der Waals surface area contributed by atoms with E-state index in [2.05, 4.69) is 0 Å². The summed E-state index contributed by atoms with van der Waals surface area (Å²) >= 11 is 0. The predicted octanol–water partition coefficient (Wildman–Crippen LogP) is 2.15. The molecule has 2 aromatic carbocycles. The minimum absolute atomic E-state index is 0.0695. The van der Waals surface area contributed by atoms with Crippen LogP contribution in [0.1, 0.15) is 32.7 Å². The van der Waals surface area contributed by atoms with Crippen LogP contribution in [0, 0.1) is 11.3 Å². The van der Waals surface area contributed by atoms with Gasteiger partial charge in [-0.25, -0.2) is 0 Å². The topological polar surface area (TPSA) is 87.5 Å². The molecule has 1 heterocycles. The fourth-order valence-corrected chi connectivity index (χ4v) is 2.47. The van der Waals surface area contributed by atoms with E-state index >= 15 is 0 Å². The van der Waals surface area contributed by atoms with E-state index in [0.29, 0.717) is 11.1 Å². The molecule has 0 spiro atoms. The zero-order valence-electron chi connectivity index (χ0n) is 12.6. The Morgan fingerprint density at radius 1 is 1.00 bits per heavy atom. The highest BCUT2D eigenvalue weighted by Crippen LogP contribution is 2.23. The molecule has 118 valence electrons. The Kier molecular flexibility index (Phi) is 4.08. The molecule has 0 saturated heterocycles. The van der Waals surface area contributed by atoms with Crippen molar-refractivity contribution in [3.63, 3.8) is 0 Å². The second kappa shape index (κ2) is 6.34. The fourth-order valence-electron chi connectivity index (χ4n) is 2.47. The number of fused-ring (bicyclic) bond motifs is 1. The number of hydrogen-bond acceptors (Lipinski definition) is 5. The summed E-state index contributed by atoms with van der Waals surface area (Å²) in [7, 11) is 0. The second-order valence-electron chi connectivity index (χ2n) is 5.14. The van der Waals surface area contributed by atoms with Crippen molar-refractivity contribution >= 4 is 17.8 Å². The third-order valence-electron chi connectivity index (χ3n) is 3.65. The number of hydrogen-bond donors (Lipinski definition) is 0. The van der Waals surface area contributed by atoms with E-state index in [0.717, 1.165) is 4.90 Å². The first-order chi connectivity index (χ1) is 11.6. The number of imide groups is 1. The molecule has 6 heteroatoms. The molecule has 0 saturated carbocycles. The quantitative estimate of drug-likeness (QED) is 0.489. The summed E-state index contributed by atoms with van der Waals surface area (Å²) in [5.41, 5.74) is 0.919. The van der Waals surface area contributed by atoms with Crippen LogP contribution in [0.15, 0.2) is 48.5 Å². The summed E-state index contributed by atoms with van der Waals surface area (Å²) in [6, 6.07) is 14.8. The Morgan fingerprint density at radius 2 is 1.58 bits per heavy atom. The zero-order chi connectivity index (χ0) is 17.1. The Bertz CT molecular complexity index is 848. The van der Waals surface area contributed by atoms with E-state index in [1.807, 2.05) is 6.07 Å². The van der Waals surface area contributed by atoms with Crippen LogP contribution in [-0.2, 0) is 4.79 Å². The van der Waals surface area contributed by atoms with Gasteiger partial charge in [0.25, 0.3) is 11.8 Å². The molecule has 0 aliphatic carbocycles. The minimum Gasteiger partial charge on any atom is -0.425 e. The van der Waals surface area contributed by atoms with Gasteiger partial charge in [-0.1, -0.05) is 24.3 Å². The Labute approximate surface area is 137 Å². The van der Waals surface area contributed by atoms with Crippen molar-refractivity contribution in [3.8, 4) is 11.8 Å². The van der Waals surface area contributed by atoms with Gasteiger partial charge in [-0.05, 0) is 24.3 Å². The lowest BCUT2D eigenvalue weighted by molar-refractivity contribution is -0.134. The number of nitriles is 1. The van der Waals surface area contributed by atoms with Crippen LogP contribution in [-0.4, -0.2) is 29.2 Å². The maximum Gasteiger partial charge on any atom is 0.313 e. The summed E-state index contributed by atoms with van der Waals surface area (Å²) in [5, 5.41) is 8.96. The maximum atomic E-state index is 12.2. The molecule has 0 bridgehead atoms. The lowest BCUT2D eigenvalue weighted by Crippen LogP contribution is -2.32. The number of ether oxygens (including phenoxy) is 1. The molecule has 2 aromatic rings. The molecule has 0 radical (unpaired) electrons. The van der Waals surface area contributed by atoms with Crippen LogP contribution in [0.5, 0.6) is 5.75 Å². The molecule has 0 aromatic heterocycles. The van der Waals surface area contributed by atoms with Crippen molar-refractivity contribution in [2.45, 2.75) is 6.42 Å². The van der Waals surface area contributed by atoms with Crippen LogP contribution in [0.3, 0.4) is 0 Å². The number of esters is 1. The molecule has 0 unspecified atom stereocenters. The van der Waals surface area contributed by atoms with E-state index in [9.17, 15) is 14.4 Å². The van der Waals surface area contributed by atoms with E-state index in [1.165, 1.54) is 12.1 Å². The normalized spacial score (nSPS) is 12.7. The number of amides is 2. The van der Waals surface area contributed by atoms with Gasteiger partial charge in [-0.15, -0.1) is 0 Å². The van der Waals surface area contributed by atoms with Crippen molar-refractivity contribution in [1.29, 1.82) is 5.26 Å². The molecule has 3 rings (SSSR count). The molecule has 2 amide bonds. The van der Waals surface area contributed by atoms with Crippen LogP contribution in [0.25, 0.3) is 0 Å². The lowest BCUT2D eigenvalue weighted by atomic mass is 10.1. The monoisotopic (exact) mass is 320 g/mol. The van der Waals surface area contributed by atoms with Crippen molar-refractivity contribution in [2.24, 2.45) is 0 Å². The average Bonchev–Trinajstić information content (AvgIpc) is 2.85. The standard InChI is InChI=1S/C18H12N2O4/c19-11-12-5-1-4-8-15(12)24-16(21)9-10-20-17(22)13-6-2-3-7-14(13)18(20)23/h1-8H,9-10H2. The number of nitrogens with zero attached hydrogens (tertiary/aromatic N) is 2. The Hall–Kier alpha value is -3.46. The van der Waals surface area contributed by atoms with Crippen molar-refractivity contribution in [2.75, 3.05) is 6.54 Å². The molecule has 24 heavy (non-hydrogen) atoms. The van der Waals surface area contributed by atoms with E-state index < -0.39 is 17.8 Å². The Balaban J connectivity index is 1.65. The van der Waals surface area contributed by atoms with Crippen LogP contribution < -0.4 is 4.74 Å². The van der Waals surface area contributed by atoms with Crippen molar-refractivity contribution in [1.82, 2.24) is 4.90 Å². The van der Waals surface area contributed by atoms with E-state index in [1.54, 1.807) is 36.4 Å². The number of carbonyl (C=O) groups excluding carboxylic acids is 3. The lowest BCUT2D eigenvalue weighted by Gasteiger charge is -2.13. The van der Waals surface area contributed by atoms with Gasteiger partial charge in [0.2, 0.25) is 0 Å². The van der Waals surface area contributed by atoms with Crippen LogP contribution >= 0.6 is 0 Å². The summed E-state index contributed by atoms with van der Waals surface area (Å²) in [5.74, 6) is -1.29. The van der Waals surface area contributed by atoms with Crippen molar-refractivity contribution in [3.05, 3.63) is 65.2 Å². The molecule has 0 atom stereocenters. The van der Waals surface area contributed by atoms with Gasteiger partial charge in [-0.3, -0.25) is 19.3 Å². The van der Waals surface area contributed by atoms with E-state index in [4.69, 9.17) is 10.00 Å². The highest BCUT2D eigenvalue weighted by Gasteiger charge is 2.35. The molecule has 1 aliphatic rings. The van der Waals surface area contributed by atoms with Gasteiger partial charge in [0.1, 0.15) is 11.8 Å². The first-order valence-electron chi connectivity index (χ1n) is 7.27. The SMILES string of the molecule is N#Cc1ccccc1OC(=O)CCN1C(=O)c2ccccc2C1=O. The second-order valence-corrected chi connectivity index (χ2v) is 5.14. The molecular formula is C18H12N2O4. The molecule has 6 nitrogen and oxygen atoms in total. The fraction of sp³-hybridized carbons (Fsp3) is 0.111. The number of carbonyl (C=O) groups is 3. The van der Waals surface area contributed by atoms with Gasteiger partial charge in [-0.2, -0.15) is 5.26 Å². The predicted molar refractivity (Wildman–Crippen MR) is 83.2 cm³/mol. The summed E-state index contributed by atoms with van der Waals surface area (Å²) in [4.78, 5) is 37.3. The number of rotatable bonds is 4. The molecule has 1 aliphatic heterocycles. The number of benzene rings is 2.